The van der Waals surface area contributed by atoms with Crippen molar-refractivity contribution in [2.75, 3.05) is 19.6 Å². The third-order valence-electron chi connectivity index (χ3n) is 4.74. The Morgan fingerprint density at radius 3 is 2.67 bits per heavy atom. The first-order valence-corrected chi connectivity index (χ1v) is 8.72. The topological polar surface area (TPSA) is 15.3 Å². The molecule has 21 heavy (non-hydrogen) atoms. The molecule has 1 heterocycles. The Hall–Kier alpha value is -0.860. The molecule has 1 aromatic rings. The summed E-state index contributed by atoms with van der Waals surface area (Å²) in [4.78, 5) is 2.74. The van der Waals surface area contributed by atoms with Crippen molar-refractivity contribution < 1.29 is 0 Å². The van der Waals surface area contributed by atoms with Crippen LogP contribution in [0.5, 0.6) is 0 Å². The third kappa shape index (κ3) is 5.12. The van der Waals surface area contributed by atoms with E-state index in [1.807, 2.05) is 0 Å². The Labute approximate surface area is 130 Å². The molecule has 2 nitrogen and oxygen atoms in total. The maximum atomic E-state index is 3.75. The molecule has 1 N–H and O–H groups in total. The molecule has 0 amide bonds. The maximum Gasteiger partial charge on any atom is 0.0221 e. The number of hydrogen-bond donors (Lipinski definition) is 1. The van der Waals surface area contributed by atoms with Gasteiger partial charge >= 0.3 is 0 Å². The van der Waals surface area contributed by atoms with Gasteiger partial charge in [0.25, 0.3) is 0 Å². The highest BCUT2D eigenvalue weighted by Crippen LogP contribution is 2.17. The Bertz CT molecular complexity index is 388. The summed E-state index contributed by atoms with van der Waals surface area (Å²) in [5, 5.41) is 3.75. The number of benzene rings is 1. The average Bonchev–Trinajstić information content (AvgIpc) is 2.50. The normalized spacial score (nSPS) is 23.6. The number of piperazine rings is 1. The van der Waals surface area contributed by atoms with Gasteiger partial charge in [-0.1, -0.05) is 57.5 Å². The van der Waals surface area contributed by atoms with Crippen molar-refractivity contribution in [1.82, 2.24) is 10.2 Å². The minimum Gasteiger partial charge on any atom is -0.311 e. The second-order valence-corrected chi connectivity index (χ2v) is 6.79. The lowest BCUT2D eigenvalue weighted by Crippen LogP contribution is -2.58. The Balaban J connectivity index is 1.84. The van der Waals surface area contributed by atoms with E-state index in [9.17, 15) is 0 Å². The van der Waals surface area contributed by atoms with E-state index in [4.69, 9.17) is 0 Å². The van der Waals surface area contributed by atoms with Gasteiger partial charge in [-0.2, -0.15) is 0 Å². The minimum atomic E-state index is 0.662. The molecule has 1 aliphatic rings. The van der Waals surface area contributed by atoms with Gasteiger partial charge in [-0.25, -0.2) is 0 Å². The summed E-state index contributed by atoms with van der Waals surface area (Å²) in [6, 6.07) is 12.3. The van der Waals surface area contributed by atoms with Crippen LogP contribution >= 0.6 is 0 Å². The third-order valence-corrected chi connectivity index (χ3v) is 4.74. The van der Waals surface area contributed by atoms with Gasteiger partial charge in [-0.05, 0) is 37.3 Å². The molecule has 0 saturated carbocycles. The van der Waals surface area contributed by atoms with Gasteiger partial charge in [0.2, 0.25) is 0 Å². The van der Waals surface area contributed by atoms with Crippen LogP contribution in [0.3, 0.4) is 0 Å². The first kappa shape index (κ1) is 16.5. The summed E-state index contributed by atoms with van der Waals surface area (Å²) in [6.45, 7) is 10.6. The quantitative estimate of drug-likeness (QED) is 0.822. The van der Waals surface area contributed by atoms with E-state index in [1.54, 1.807) is 0 Å². The number of rotatable bonds is 7. The molecule has 0 aliphatic carbocycles. The maximum absolute atomic E-state index is 3.75. The zero-order valence-corrected chi connectivity index (χ0v) is 14.0. The highest BCUT2D eigenvalue weighted by Gasteiger charge is 2.28. The lowest BCUT2D eigenvalue weighted by atomic mass is 9.97. The molecule has 0 aromatic heterocycles. The van der Waals surface area contributed by atoms with E-state index in [1.165, 1.54) is 50.9 Å². The van der Waals surface area contributed by atoms with Gasteiger partial charge in [0.15, 0.2) is 0 Å². The van der Waals surface area contributed by atoms with Crippen LogP contribution in [0.25, 0.3) is 0 Å². The van der Waals surface area contributed by atoms with Crippen LogP contribution in [0.2, 0.25) is 0 Å². The van der Waals surface area contributed by atoms with Crippen LogP contribution in [0.4, 0.5) is 0 Å². The van der Waals surface area contributed by atoms with Crippen LogP contribution < -0.4 is 5.32 Å². The SMILES string of the molecule is CCCC1CNC(C(C)C)CN1CCCc1ccccc1. The Morgan fingerprint density at radius 2 is 2.00 bits per heavy atom. The van der Waals surface area contributed by atoms with Gasteiger partial charge in [0.1, 0.15) is 0 Å². The molecule has 2 atom stereocenters. The standard InChI is InChI=1S/C19H32N2/c1-4-9-18-14-20-19(16(2)3)15-21(18)13-8-12-17-10-6-5-7-11-17/h5-7,10-11,16,18-20H,4,8-9,12-15H2,1-3H3. The zero-order chi connectivity index (χ0) is 15.1. The molecule has 1 fully saturated rings. The van der Waals surface area contributed by atoms with E-state index in [0.717, 1.165) is 12.0 Å². The fourth-order valence-corrected chi connectivity index (χ4v) is 3.35. The fourth-order valence-electron chi connectivity index (χ4n) is 3.35. The Kier molecular flexibility index (Phi) is 6.72. The first-order valence-electron chi connectivity index (χ1n) is 8.72. The van der Waals surface area contributed by atoms with Crippen molar-refractivity contribution in [2.24, 2.45) is 5.92 Å². The van der Waals surface area contributed by atoms with Crippen molar-refractivity contribution in [3.05, 3.63) is 35.9 Å². The molecule has 2 heteroatoms. The van der Waals surface area contributed by atoms with E-state index in [2.05, 4.69) is 61.3 Å². The van der Waals surface area contributed by atoms with Gasteiger partial charge < -0.3 is 5.32 Å². The van der Waals surface area contributed by atoms with Gasteiger partial charge in [0.05, 0.1) is 0 Å². The molecule has 2 unspecified atom stereocenters. The molecule has 1 saturated heterocycles. The van der Waals surface area contributed by atoms with Crippen molar-refractivity contribution in [2.45, 2.75) is 58.5 Å². The summed E-state index contributed by atoms with van der Waals surface area (Å²) in [7, 11) is 0. The predicted molar refractivity (Wildman–Crippen MR) is 91.7 cm³/mol. The molecule has 1 aromatic carbocycles. The number of hydrogen-bond acceptors (Lipinski definition) is 2. The fraction of sp³-hybridized carbons (Fsp3) is 0.684. The molecule has 1 aliphatic heterocycles. The highest BCUT2D eigenvalue weighted by molar-refractivity contribution is 5.14. The van der Waals surface area contributed by atoms with Crippen LogP contribution in [0.15, 0.2) is 30.3 Å². The molecule has 0 radical (unpaired) electrons. The summed E-state index contributed by atoms with van der Waals surface area (Å²) >= 11 is 0. The Morgan fingerprint density at radius 1 is 1.24 bits per heavy atom. The second-order valence-electron chi connectivity index (χ2n) is 6.79. The predicted octanol–water partition coefficient (Wildman–Crippen LogP) is 3.72. The number of aryl methyl sites for hydroxylation is 1. The molecule has 0 bridgehead atoms. The van der Waals surface area contributed by atoms with Crippen LogP contribution in [-0.4, -0.2) is 36.6 Å². The molecule has 0 spiro atoms. The van der Waals surface area contributed by atoms with Crippen molar-refractivity contribution in [1.29, 1.82) is 0 Å². The molecule has 118 valence electrons. The monoisotopic (exact) mass is 288 g/mol. The van der Waals surface area contributed by atoms with Gasteiger partial charge in [-0.15, -0.1) is 0 Å². The van der Waals surface area contributed by atoms with E-state index in [0.29, 0.717) is 6.04 Å². The lowest BCUT2D eigenvalue weighted by Gasteiger charge is -2.42. The van der Waals surface area contributed by atoms with Crippen LogP contribution in [0.1, 0.15) is 45.6 Å². The largest absolute Gasteiger partial charge is 0.311 e. The van der Waals surface area contributed by atoms with Crippen molar-refractivity contribution in [3.63, 3.8) is 0 Å². The zero-order valence-electron chi connectivity index (χ0n) is 14.0. The lowest BCUT2D eigenvalue weighted by molar-refractivity contribution is 0.106. The van der Waals surface area contributed by atoms with Crippen molar-refractivity contribution in [3.8, 4) is 0 Å². The minimum absolute atomic E-state index is 0.662. The molecule has 2 rings (SSSR count). The summed E-state index contributed by atoms with van der Waals surface area (Å²) in [6.07, 6.45) is 5.09. The number of nitrogens with one attached hydrogen (secondary N) is 1. The summed E-state index contributed by atoms with van der Waals surface area (Å²) < 4.78 is 0. The van der Waals surface area contributed by atoms with E-state index in [-0.39, 0.29) is 0 Å². The highest BCUT2D eigenvalue weighted by atomic mass is 15.2. The summed E-state index contributed by atoms with van der Waals surface area (Å²) in [5.74, 6) is 0.726. The average molecular weight is 288 g/mol. The van der Waals surface area contributed by atoms with Crippen LogP contribution in [0, 0.1) is 5.92 Å². The summed E-state index contributed by atoms with van der Waals surface area (Å²) in [5.41, 5.74) is 1.47. The smallest absolute Gasteiger partial charge is 0.0221 e. The van der Waals surface area contributed by atoms with E-state index < -0.39 is 0 Å². The van der Waals surface area contributed by atoms with Crippen molar-refractivity contribution >= 4 is 0 Å². The molecular weight excluding hydrogens is 256 g/mol. The molecular formula is C19H32N2. The van der Waals surface area contributed by atoms with Gasteiger partial charge in [0, 0.05) is 25.2 Å². The second kappa shape index (κ2) is 8.55. The van der Waals surface area contributed by atoms with Crippen LogP contribution in [-0.2, 0) is 6.42 Å². The van der Waals surface area contributed by atoms with Gasteiger partial charge in [-0.3, -0.25) is 4.90 Å². The number of nitrogens with zero attached hydrogens (tertiary/aromatic N) is 1. The van der Waals surface area contributed by atoms with E-state index >= 15 is 0 Å². The first-order chi connectivity index (χ1) is 10.2.